The standard InChI is InChI=1S/C14H21NO4/c1-10(16)11-7-12(13(17)18)15(8-11)9-14(2,3)5-6-19-4/h7-8H,5-6,9H2,1-4H3,(H,17,18). The highest BCUT2D eigenvalue weighted by Crippen LogP contribution is 2.25. The number of methoxy groups -OCH3 is 1. The van der Waals surface area contributed by atoms with Gasteiger partial charge in [0, 0.05) is 32.0 Å². The number of nitrogens with zero attached hydrogens (tertiary/aromatic N) is 1. The first kappa shape index (κ1) is 15.4. The van der Waals surface area contributed by atoms with Crippen molar-refractivity contribution in [2.75, 3.05) is 13.7 Å². The number of aromatic carboxylic acids is 1. The van der Waals surface area contributed by atoms with Gasteiger partial charge in [-0.15, -0.1) is 0 Å². The quantitative estimate of drug-likeness (QED) is 0.770. The lowest BCUT2D eigenvalue weighted by atomic mass is 9.89. The van der Waals surface area contributed by atoms with Crippen molar-refractivity contribution in [3.63, 3.8) is 0 Å². The lowest BCUT2D eigenvalue weighted by Crippen LogP contribution is -2.23. The van der Waals surface area contributed by atoms with Crippen LogP contribution in [-0.2, 0) is 11.3 Å². The summed E-state index contributed by atoms with van der Waals surface area (Å²) in [5.41, 5.74) is 0.475. The van der Waals surface area contributed by atoms with Crippen molar-refractivity contribution >= 4 is 11.8 Å². The number of ketones is 1. The van der Waals surface area contributed by atoms with Gasteiger partial charge in [-0.25, -0.2) is 4.79 Å². The summed E-state index contributed by atoms with van der Waals surface area (Å²) in [6, 6.07) is 1.43. The number of carbonyl (C=O) groups excluding carboxylic acids is 1. The molecule has 0 aliphatic rings. The second-order valence-electron chi connectivity index (χ2n) is 5.51. The van der Waals surface area contributed by atoms with Crippen molar-refractivity contribution in [1.29, 1.82) is 0 Å². The molecular formula is C14H21NO4. The van der Waals surface area contributed by atoms with Gasteiger partial charge < -0.3 is 14.4 Å². The van der Waals surface area contributed by atoms with Gasteiger partial charge in [0.1, 0.15) is 5.69 Å². The maximum atomic E-state index is 11.3. The van der Waals surface area contributed by atoms with Gasteiger partial charge >= 0.3 is 5.97 Å². The van der Waals surface area contributed by atoms with E-state index < -0.39 is 5.97 Å². The topological polar surface area (TPSA) is 68.5 Å². The van der Waals surface area contributed by atoms with Crippen LogP contribution in [0.2, 0.25) is 0 Å². The summed E-state index contributed by atoms with van der Waals surface area (Å²) in [5.74, 6) is -1.15. The first-order chi connectivity index (χ1) is 8.76. The Hall–Kier alpha value is -1.62. The van der Waals surface area contributed by atoms with E-state index in [1.54, 1.807) is 17.9 Å². The van der Waals surface area contributed by atoms with Crippen molar-refractivity contribution in [2.45, 2.75) is 33.7 Å². The molecule has 106 valence electrons. The van der Waals surface area contributed by atoms with Crippen LogP contribution in [0.5, 0.6) is 0 Å². The molecule has 0 radical (unpaired) electrons. The third-order valence-corrected chi connectivity index (χ3v) is 3.10. The van der Waals surface area contributed by atoms with E-state index in [1.165, 1.54) is 13.0 Å². The fourth-order valence-corrected chi connectivity index (χ4v) is 1.93. The molecule has 0 aliphatic carbocycles. The predicted molar refractivity (Wildman–Crippen MR) is 71.7 cm³/mol. The highest BCUT2D eigenvalue weighted by molar-refractivity contribution is 5.97. The largest absolute Gasteiger partial charge is 0.477 e. The zero-order chi connectivity index (χ0) is 14.6. The summed E-state index contributed by atoms with van der Waals surface area (Å²) >= 11 is 0. The van der Waals surface area contributed by atoms with E-state index in [4.69, 9.17) is 4.74 Å². The summed E-state index contributed by atoms with van der Waals surface area (Å²) in [7, 11) is 1.64. The monoisotopic (exact) mass is 267 g/mol. The molecule has 0 spiro atoms. The van der Waals surface area contributed by atoms with Crippen LogP contribution in [0, 0.1) is 5.41 Å². The molecule has 0 saturated carbocycles. The van der Waals surface area contributed by atoms with Crippen LogP contribution < -0.4 is 0 Å². The van der Waals surface area contributed by atoms with Crippen LogP contribution >= 0.6 is 0 Å². The van der Waals surface area contributed by atoms with Crippen LogP contribution in [0.25, 0.3) is 0 Å². The van der Waals surface area contributed by atoms with E-state index in [0.29, 0.717) is 18.7 Å². The molecule has 0 atom stereocenters. The molecular weight excluding hydrogens is 246 g/mol. The second kappa shape index (κ2) is 6.02. The first-order valence-electron chi connectivity index (χ1n) is 6.20. The third-order valence-electron chi connectivity index (χ3n) is 3.10. The average molecular weight is 267 g/mol. The van der Waals surface area contributed by atoms with Crippen molar-refractivity contribution < 1.29 is 19.4 Å². The molecule has 0 amide bonds. The lowest BCUT2D eigenvalue weighted by molar-refractivity contribution is 0.0680. The third kappa shape index (κ3) is 4.21. The Morgan fingerprint density at radius 3 is 2.53 bits per heavy atom. The summed E-state index contributed by atoms with van der Waals surface area (Å²) in [6.45, 7) is 6.68. The Morgan fingerprint density at radius 1 is 1.42 bits per heavy atom. The van der Waals surface area contributed by atoms with Gasteiger partial charge in [-0.1, -0.05) is 13.8 Å². The maximum absolute atomic E-state index is 11.3. The van der Waals surface area contributed by atoms with Gasteiger partial charge in [0.05, 0.1) is 0 Å². The minimum atomic E-state index is -1.02. The maximum Gasteiger partial charge on any atom is 0.352 e. The van der Waals surface area contributed by atoms with Crippen LogP contribution in [0.4, 0.5) is 0 Å². The average Bonchev–Trinajstić information content (AvgIpc) is 2.70. The molecule has 0 unspecified atom stereocenters. The minimum absolute atomic E-state index is 0.104. The van der Waals surface area contributed by atoms with Gasteiger partial charge in [-0.3, -0.25) is 4.79 Å². The Morgan fingerprint density at radius 2 is 2.05 bits per heavy atom. The van der Waals surface area contributed by atoms with E-state index >= 15 is 0 Å². The molecule has 5 heteroatoms. The summed E-state index contributed by atoms with van der Waals surface area (Å²) in [4.78, 5) is 22.5. The lowest BCUT2D eigenvalue weighted by Gasteiger charge is -2.25. The highest BCUT2D eigenvalue weighted by Gasteiger charge is 2.22. The molecule has 0 aliphatic heterocycles. The van der Waals surface area contributed by atoms with Gasteiger partial charge in [-0.2, -0.15) is 0 Å². The smallest absolute Gasteiger partial charge is 0.352 e. The van der Waals surface area contributed by atoms with Gasteiger partial charge in [0.25, 0.3) is 0 Å². The molecule has 0 fully saturated rings. The van der Waals surface area contributed by atoms with Crippen LogP contribution in [0.1, 0.15) is 48.0 Å². The first-order valence-corrected chi connectivity index (χ1v) is 6.20. The van der Waals surface area contributed by atoms with Gasteiger partial charge in [0.2, 0.25) is 0 Å². The van der Waals surface area contributed by atoms with Crippen LogP contribution in [-0.4, -0.2) is 35.1 Å². The number of rotatable bonds is 7. The molecule has 1 rings (SSSR count). The second-order valence-corrected chi connectivity index (χ2v) is 5.51. The minimum Gasteiger partial charge on any atom is -0.477 e. The number of hydrogen-bond donors (Lipinski definition) is 1. The predicted octanol–water partition coefficient (Wildman–Crippen LogP) is 2.45. The van der Waals surface area contributed by atoms with Crippen molar-refractivity contribution in [2.24, 2.45) is 5.41 Å². The molecule has 0 aromatic carbocycles. The SMILES string of the molecule is COCCC(C)(C)Cn1cc(C(C)=O)cc1C(=O)O. The number of Topliss-reactive ketones (excluding diaryl/α,β-unsaturated/α-hetero) is 1. The van der Waals surface area contributed by atoms with Gasteiger partial charge in [0.15, 0.2) is 5.78 Å². The van der Waals surface area contributed by atoms with Crippen molar-refractivity contribution in [3.05, 3.63) is 23.5 Å². The number of carboxylic acid groups (broad SMARTS) is 1. The zero-order valence-electron chi connectivity index (χ0n) is 11.9. The Bertz CT molecular complexity index is 474. The van der Waals surface area contributed by atoms with Gasteiger partial charge in [-0.05, 0) is 24.8 Å². The fourth-order valence-electron chi connectivity index (χ4n) is 1.93. The van der Waals surface area contributed by atoms with Crippen molar-refractivity contribution in [1.82, 2.24) is 4.57 Å². The zero-order valence-corrected chi connectivity index (χ0v) is 11.9. The number of aromatic nitrogens is 1. The molecule has 0 bridgehead atoms. The molecule has 0 saturated heterocycles. The van der Waals surface area contributed by atoms with E-state index in [9.17, 15) is 14.7 Å². The molecule has 5 nitrogen and oxygen atoms in total. The van der Waals surface area contributed by atoms with E-state index in [2.05, 4.69) is 0 Å². The summed E-state index contributed by atoms with van der Waals surface area (Å²) in [6.07, 6.45) is 2.43. The molecule has 19 heavy (non-hydrogen) atoms. The van der Waals surface area contributed by atoms with E-state index in [0.717, 1.165) is 6.42 Å². The summed E-state index contributed by atoms with van der Waals surface area (Å²) < 4.78 is 6.69. The molecule has 1 aromatic heterocycles. The number of carbonyl (C=O) groups is 2. The van der Waals surface area contributed by atoms with Crippen LogP contribution in [0.3, 0.4) is 0 Å². The Labute approximate surface area is 113 Å². The summed E-state index contributed by atoms with van der Waals surface area (Å²) in [5, 5.41) is 9.18. The Kier molecular flexibility index (Phi) is 4.89. The number of ether oxygens (including phenoxy) is 1. The molecule has 1 heterocycles. The van der Waals surface area contributed by atoms with Crippen molar-refractivity contribution in [3.8, 4) is 0 Å². The fraction of sp³-hybridized carbons (Fsp3) is 0.571. The number of hydrogen-bond acceptors (Lipinski definition) is 3. The molecule has 1 aromatic rings. The highest BCUT2D eigenvalue weighted by atomic mass is 16.5. The van der Waals surface area contributed by atoms with E-state index in [-0.39, 0.29) is 16.9 Å². The number of carboxylic acids is 1. The normalized spacial score (nSPS) is 11.6. The van der Waals surface area contributed by atoms with Crippen LogP contribution in [0.15, 0.2) is 12.3 Å². The molecule has 1 N–H and O–H groups in total. The van der Waals surface area contributed by atoms with E-state index in [1.807, 2.05) is 13.8 Å². The Balaban J connectivity index is 2.99.